The summed E-state index contributed by atoms with van der Waals surface area (Å²) < 4.78 is 13.7. The Morgan fingerprint density at radius 3 is 2.12 bits per heavy atom. The number of hydrogen-bond acceptors (Lipinski definition) is 3. The molecule has 1 radical (unpaired) electrons. The molecule has 8 heteroatoms. The highest BCUT2D eigenvalue weighted by Gasteiger charge is 2.14. The highest BCUT2D eigenvalue weighted by atomic mass is 32.9. The molecule has 2 N–H and O–H groups in total. The van der Waals surface area contributed by atoms with Gasteiger partial charge in [0.25, 0.3) is 0 Å². The van der Waals surface area contributed by atoms with Crippen LogP contribution >= 0.6 is 26.2 Å². The average Bonchev–Trinajstić information content (AvgIpc) is 1.21. The third-order valence-corrected chi connectivity index (χ3v) is 2.84. The molecule has 0 rings (SSSR count). The summed E-state index contributed by atoms with van der Waals surface area (Å²) in [5, 5.41) is 0. The zero-order valence-electron chi connectivity index (χ0n) is 3.46. The van der Waals surface area contributed by atoms with E-state index in [-0.39, 0.29) is 0 Å². The molecule has 49 valence electrons. The molecular formula is H3O4P2S2. The van der Waals surface area contributed by atoms with E-state index < -0.39 is 13.9 Å². The van der Waals surface area contributed by atoms with Gasteiger partial charge in [-0.05, 0) is 11.8 Å². The zero-order valence-corrected chi connectivity index (χ0v) is 6.96. The van der Waals surface area contributed by atoms with Gasteiger partial charge in [-0.2, -0.15) is 0 Å². The maximum atomic E-state index is 9.81. The monoisotopic (exact) mass is 193 g/mol. The second-order valence-corrected chi connectivity index (χ2v) is 5.82. The van der Waals surface area contributed by atoms with Crippen molar-refractivity contribution in [1.82, 2.24) is 0 Å². The van der Waals surface area contributed by atoms with Gasteiger partial charge in [-0.25, -0.2) is 8.88 Å². The standard InChI is InChI=1S/H3O4P2S2/c1-6(2,3)4-5(7)8/h(H,7,8)(H2,1,2,3). The molecule has 0 amide bonds. The van der Waals surface area contributed by atoms with Crippen molar-refractivity contribution < 1.29 is 18.7 Å². The maximum absolute atomic E-state index is 9.81. The smallest absolute Gasteiger partial charge is 0.302 e. The van der Waals surface area contributed by atoms with Crippen molar-refractivity contribution in [2.75, 3.05) is 0 Å². The van der Waals surface area contributed by atoms with Gasteiger partial charge in [-0.15, -0.1) is 0 Å². The van der Waals surface area contributed by atoms with Gasteiger partial charge in [0.2, 0.25) is 0 Å². The van der Waals surface area contributed by atoms with Crippen molar-refractivity contribution in [2.45, 2.75) is 0 Å². The van der Waals surface area contributed by atoms with Crippen LogP contribution in [-0.2, 0) is 20.7 Å². The minimum absolute atomic E-state index is 1.67. The van der Waals surface area contributed by atoms with Gasteiger partial charge in [0.05, 0.1) is 0 Å². The second-order valence-electron chi connectivity index (χ2n) is 0.810. The normalized spacial score (nSPS) is 13.6. The quantitative estimate of drug-likeness (QED) is 0.447. The van der Waals surface area contributed by atoms with Gasteiger partial charge >= 0.3 is 7.82 Å². The van der Waals surface area contributed by atoms with E-state index in [0.29, 0.717) is 0 Å². The molecular weight excluding hydrogens is 190 g/mol. The molecule has 0 heterocycles. The fraction of sp³-hybridized carbons (Fsp3) is 0. The zero-order chi connectivity index (χ0) is 6.78. The minimum Gasteiger partial charge on any atom is -0.302 e. The Labute approximate surface area is 57.2 Å². The van der Waals surface area contributed by atoms with Gasteiger partial charge < -0.3 is 9.79 Å². The maximum Gasteiger partial charge on any atom is 0.478 e. The molecule has 1 atom stereocenters. The van der Waals surface area contributed by atoms with Gasteiger partial charge in [-0.3, -0.25) is 0 Å². The predicted molar refractivity (Wildman–Crippen MR) is 36.4 cm³/mol. The molecule has 1 unspecified atom stereocenters. The third kappa shape index (κ3) is 6.98. The lowest BCUT2D eigenvalue weighted by Crippen LogP contribution is -1.73. The van der Waals surface area contributed by atoms with Crippen LogP contribution in [0.2, 0.25) is 0 Å². The Hall–Kier alpha value is 0.980. The van der Waals surface area contributed by atoms with E-state index in [9.17, 15) is 4.57 Å². The van der Waals surface area contributed by atoms with Crippen LogP contribution in [0.3, 0.4) is 0 Å². The fourth-order valence-electron chi connectivity index (χ4n) is 0.0910. The summed E-state index contributed by atoms with van der Waals surface area (Å²) in [5.74, 6) is 0. The van der Waals surface area contributed by atoms with E-state index in [1.807, 2.05) is 0 Å². The van der Waals surface area contributed by atoms with E-state index in [4.69, 9.17) is 9.79 Å². The van der Waals surface area contributed by atoms with Gasteiger partial charge in [0.1, 0.15) is 6.13 Å². The van der Waals surface area contributed by atoms with Crippen LogP contribution in [0.5, 0.6) is 0 Å². The first-order valence-corrected chi connectivity index (χ1v) is 6.29. The molecule has 0 fully saturated rings. The second kappa shape index (κ2) is 3.22. The molecule has 0 aromatic heterocycles. The van der Waals surface area contributed by atoms with Crippen LogP contribution < -0.4 is 0 Å². The number of phosphoric acid groups is 1. The molecule has 0 aliphatic carbocycles. The summed E-state index contributed by atoms with van der Waals surface area (Å²) in [7, 11) is -4.37. The highest BCUT2D eigenvalue weighted by molar-refractivity contribution is 8.54. The summed E-state index contributed by atoms with van der Waals surface area (Å²) in [6.07, 6.45) is -1.67. The van der Waals surface area contributed by atoms with Crippen LogP contribution in [0.15, 0.2) is 0 Å². The summed E-state index contributed by atoms with van der Waals surface area (Å²) in [6.45, 7) is 0. The molecule has 0 saturated carbocycles. The predicted octanol–water partition coefficient (Wildman–Crippen LogP) is 0.799. The minimum atomic E-state index is -4.37. The molecule has 8 heavy (non-hydrogen) atoms. The summed E-state index contributed by atoms with van der Waals surface area (Å²) >= 11 is 7.70. The Kier molecular flexibility index (Phi) is 3.62. The van der Waals surface area contributed by atoms with Crippen LogP contribution in [0.1, 0.15) is 0 Å². The van der Waals surface area contributed by atoms with Crippen molar-refractivity contribution in [3.05, 3.63) is 0 Å². The molecule has 0 aliphatic heterocycles. The Morgan fingerprint density at radius 2 is 2.12 bits per heavy atom. The Morgan fingerprint density at radius 1 is 1.75 bits per heavy atom. The van der Waals surface area contributed by atoms with E-state index >= 15 is 0 Å². The first kappa shape index (κ1) is 8.98. The van der Waals surface area contributed by atoms with Crippen LogP contribution in [0.4, 0.5) is 0 Å². The third-order valence-electron chi connectivity index (χ3n) is 0.176. The summed E-state index contributed by atoms with van der Waals surface area (Å²) in [6, 6.07) is 0. The lowest BCUT2D eigenvalue weighted by atomic mass is 15.7. The molecule has 0 saturated heterocycles. The number of hydrogen-bond donors (Lipinski definition) is 3. The lowest BCUT2D eigenvalue weighted by molar-refractivity contribution is 0.297. The average molecular weight is 193 g/mol. The van der Waals surface area contributed by atoms with E-state index in [1.165, 1.54) is 0 Å². The lowest BCUT2D eigenvalue weighted by Gasteiger charge is -1.98. The first-order chi connectivity index (χ1) is 3.42. The van der Waals surface area contributed by atoms with Crippen LogP contribution in [-0.4, -0.2) is 9.79 Å². The Bertz CT molecular complexity index is 135. The molecule has 0 bridgehead atoms. The van der Waals surface area contributed by atoms with Crippen molar-refractivity contribution in [3.8, 4) is 0 Å². The van der Waals surface area contributed by atoms with Crippen LogP contribution in [0, 0.1) is 0 Å². The SMILES string of the molecule is O=P(O)(O)O[P](=S)S. The van der Waals surface area contributed by atoms with Crippen molar-refractivity contribution in [1.29, 1.82) is 0 Å². The Balaban J connectivity index is 3.74. The van der Waals surface area contributed by atoms with Crippen molar-refractivity contribution in [2.24, 2.45) is 0 Å². The topological polar surface area (TPSA) is 66.8 Å². The molecule has 0 aromatic rings. The molecule has 4 nitrogen and oxygen atoms in total. The van der Waals surface area contributed by atoms with E-state index in [2.05, 4.69) is 28.4 Å². The fourth-order valence-corrected chi connectivity index (χ4v) is 2.46. The van der Waals surface area contributed by atoms with Gasteiger partial charge in [-0.1, -0.05) is 12.2 Å². The summed E-state index contributed by atoms with van der Waals surface area (Å²) in [4.78, 5) is 16.0. The van der Waals surface area contributed by atoms with Gasteiger partial charge in [0, 0.05) is 0 Å². The van der Waals surface area contributed by atoms with E-state index in [0.717, 1.165) is 0 Å². The molecule has 0 aromatic carbocycles. The number of rotatable bonds is 2. The molecule has 0 spiro atoms. The first-order valence-electron chi connectivity index (χ1n) is 1.33. The van der Waals surface area contributed by atoms with E-state index in [1.54, 1.807) is 0 Å². The van der Waals surface area contributed by atoms with Crippen molar-refractivity contribution in [3.63, 3.8) is 0 Å². The van der Waals surface area contributed by atoms with Crippen molar-refractivity contribution >= 4 is 38.0 Å². The largest absolute Gasteiger partial charge is 0.478 e. The van der Waals surface area contributed by atoms with Gasteiger partial charge in [0.15, 0.2) is 0 Å². The molecule has 0 aliphatic rings. The van der Waals surface area contributed by atoms with Crippen LogP contribution in [0.25, 0.3) is 0 Å². The highest BCUT2D eigenvalue weighted by Crippen LogP contribution is 2.49. The summed E-state index contributed by atoms with van der Waals surface area (Å²) in [5.41, 5.74) is 0. The number of thiol groups is 1.